The average Bonchev–Trinajstić information content (AvgIpc) is 2.63. The van der Waals surface area contributed by atoms with Crippen LogP contribution in [0.25, 0.3) is 10.9 Å². The third kappa shape index (κ3) is 3.48. The van der Waals surface area contributed by atoms with Crippen LogP contribution in [-0.4, -0.2) is 15.0 Å². The largest absolute Gasteiger partial charge is 0.418 e. The van der Waals surface area contributed by atoms with E-state index in [9.17, 15) is 27.6 Å². The molecule has 9 heteroatoms. The highest BCUT2D eigenvalue weighted by Crippen LogP contribution is 2.34. The highest BCUT2D eigenvalue weighted by atomic mass is 19.4. The number of carbonyl (C=O) groups excluding carboxylic acids is 1. The van der Waals surface area contributed by atoms with Crippen LogP contribution < -0.4 is 16.6 Å². The van der Waals surface area contributed by atoms with E-state index < -0.39 is 41.1 Å². The van der Waals surface area contributed by atoms with Gasteiger partial charge in [-0.3, -0.25) is 18.7 Å². The van der Waals surface area contributed by atoms with Gasteiger partial charge in [-0.1, -0.05) is 24.3 Å². The Morgan fingerprint density at radius 2 is 1.67 bits per heavy atom. The first-order chi connectivity index (χ1) is 12.7. The van der Waals surface area contributed by atoms with Crippen molar-refractivity contribution in [3.8, 4) is 0 Å². The van der Waals surface area contributed by atoms with Gasteiger partial charge >= 0.3 is 11.9 Å². The van der Waals surface area contributed by atoms with E-state index >= 15 is 0 Å². The standard InChI is InChI=1S/C18H14F3N3O3/c1-23-14-9-5-2-6-11(14)16(26)24(17(23)27)10-15(25)22-13-8-4-3-7-12(13)18(19,20)21/h2-9H,10H2,1H3,(H,22,25). The van der Waals surface area contributed by atoms with Gasteiger partial charge in [-0.2, -0.15) is 13.2 Å². The molecule has 1 amide bonds. The number of aryl methyl sites for hydroxylation is 1. The number of rotatable bonds is 3. The number of carbonyl (C=O) groups is 1. The van der Waals surface area contributed by atoms with Gasteiger partial charge in [0.15, 0.2) is 0 Å². The Labute approximate surface area is 150 Å². The van der Waals surface area contributed by atoms with Crippen molar-refractivity contribution >= 4 is 22.5 Å². The van der Waals surface area contributed by atoms with E-state index in [1.807, 2.05) is 0 Å². The SMILES string of the molecule is Cn1c(=O)n(CC(=O)Nc2ccccc2C(F)(F)F)c(=O)c2ccccc21. The molecule has 0 aliphatic carbocycles. The van der Waals surface area contributed by atoms with Gasteiger partial charge in [0.2, 0.25) is 5.91 Å². The molecule has 27 heavy (non-hydrogen) atoms. The molecule has 3 rings (SSSR count). The number of para-hydroxylation sites is 2. The Morgan fingerprint density at radius 1 is 1.04 bits per heavy atom. The predicted molar refractivity (Wildman–Crippen MR) is 93.5 cm³/mol. The number of benzene rings is 2. The Balaban J connectivity index is 1.97. The maximum Gasteiger partial charge on any atom is 0.418 e. The second-order valence-electron chi connectivity index (χ2n) is 5.84. The zero-order valence-corrected chi connectivity index (χ0v) is 14.1. The highest BCUT2D eigenvalue weighted by molar-refractivity contribution is 5.91. The molecule has 0 unspecified atom stereocenters. The lowest BCUT2D eigenvalue weighted by Crippen LogP contribution is -2.41. The fourth-order valence-corrected chi connectivity index (χ4v) is 2.78. The fourth-order valence-electron chi connectivity index (χ4n) is 2.78. The zero-order chi connectivity index (χ0) is 19.8. The Bertz CT molecular complexity index is 1150. The summed E-state index contributed by atoms with van der Waals surface area (Å²) in [6, 6.07) is 10.8. The molecule has 6 nitrogen and oxygen atoms in total. The van der Waals surface area contributed by atoms with Crippen LogP contribution in [0.4, 0.5) is 18.9 Å². The second kappa shape index (κ2) is 6.75. The molecule has 140 valence electrons. The van der Waals surface area contributed by atoms with Crippen LogP contribution in [-0.2, 0) is 24.6 Å². The normalized spacial score (nSPS) is 11.6. The first-order valence-electron chi connectivity index (χ1n) is 7.85. The number of hydrogen-bond donors (Lipinski definition) is 1. The Kier molecular flexibility index (Phi) is 4.61. The molecule has 2 aromatic carbocycles. The molecule has 0 spiro atoms. The van der Waals surface area contributed by atoms with Crippen molar-refractivity contribution in [2.45, 2.75) is 12.7 Å². The van der Waals surface area contributed by atoms with Crippen molar-refractivity contribution in [3.05, 3.63) is 74.9 Å². The summed E-state index contributed by atoms with van der Waals surface area (Å²) in [5.74, 6) is -0.916. The molecule has 0 saturated heterocycles. The summed E-state index contributed by atoms with van der Waals surface area (Å²) in [6.07, 6.45) is -4.65. The summed E-state index contributed by atoms with van der Waals surface area (Å²) in [4.78, 5) is 37.1. The van der Waals surface area contributed by atoms with Gasteiger partial charge in [0.05, 0.1) is 22.2 Å². The van der Waals surface area contributed by atoms with E-state index in [2.05, 4.69) is 5.32 Å². The maximum absolute atomic E-state index is 13.0. The van der Waals surface area contributed by atoms with Crippen LogP contribution in [0.5, 0.6) is 0 Å². The maximum atomic E-state index is 13.0. The van der Waals surface area contributed by atoms with Crippen LogP contribution in [0.2, 0.25) is 0 Å². The highest BCUT2D eigenvalue weighted by Gasteiger charge is 2.33. The number of alkyl halides is 3. The summed E-state index contributed by atoms with van der Waals surface area (Å²) in [7, 11) is 1.44. The van der Waals surface area contributed by atoms with Crippen LogP contribution >= 0.6 is 0 Å². The summed E-state index contributed by atoms with van der Waals surface area (Å²) in [5, 5.41) is 2.35. The van der Waals surface area contributed by atoms with Crippen molar-refractivity contribution in [1.29, 1.82) is 0 Å². The summed E-state index contributed by atoms with van der Waals surface area (Å²) < 4.78 is 41.0. The average molecular weight is 377 g/mol. The van der Waals surface area contributed by atoms with Gasteiger partial charge in [-0.25, -0.2) is 4.79 Å². The number of nitrogens with zero attached hydrogens (tertiary/aromatic N) is 2. The van der Waals surface area contributed by atoms with Crippen molar-refractivity contribution in [1.82, 2.24) is 9.13 Å². The van der Waals surface area contributed by atoms with E-state index in [-0.39, 0.29) is 5.39 Å². The molecule has 0 saturated carbocycles. The lowest BCUT2D eigenvalue weighted by Gasteiger charge is -2.14. The molecular weight excluding hydrogens is 363 g/mol. The smallest absolute Gasteiger partial charge is 0.324 e. The van der Waals surface area contributed by atoms with Crippen molar-refractivity contribution in [2.24, 2.45) is 7.05 Å². The minimum Gasteiger partial charge on any atom is -0.324 e. The van der Waals surface area contributed by atoms with Crippen molar-refractivity contribution in [2.75, 3.05) is 5.32 Å². The Hall–Kier alpha value is -3.36. The molecule has 0 aliphatic heterocycles. The molecule has 1 heterocycles. The molecule has 0 bridgehead atoms. The number of halogens is 3. The lowest BCUT2D eigenvalue weighted by molar-refractivity contribution is -0.137. The van der Waals surface area contributed by atoms with Gasteiger partial charge in [0.1, 0.15) is 6.54 Å². The topological polar surface area (TPSA) is 73.1 Å². The molecule has 0 atom stereocenters. The molecule has 1 aromatic heterocycles. The van der Waals surface area contributed by atoms with Gasteiger partial charge in [0.25, 0.3) is 5.56 Å². The van der Waals surface area contributed by atoms with E-state index in [0.29, 0.717) is 10.1 Å². The predicted octanol–water partition coefficient (Wildman–Crippen LogP) is 2.36. The number of aromatic nitrogens is 2. The summed E-state index contributed by atoms with van der Waals surface area (Å²) in [5.41, 5.74) is -2.49. The van der Waals surface area contributed by atoms with Crippen molar-refractivity contribution < 1.29 is 18.0 Å². The van der Waals surface area contributed by atoms with Gasteiger partial charge in [-0.05, 0) is 24.3 Å². The van der Waals surface area contributed by atoms with Gasteiger partial charge in [0, 0.05) is 7.05 Å². The van der Waals surface area contributed by atoms with Gasteiger partial charge in [-0.15, -0.1) is 0 Å². The first kappa shape index (κ1) is 18.4. The molecule has 3 aromatic rings. The molecular formula is C18H14F3N3O3. The minimum absolute atomic E-state index is 0.225. The molecule has 0 aliphatic rings. The number of nitrogens with one attached hydrogen (secondary N) is 1. The van der Waals surface area contributed by atoms with Crippen molar-refractivity contribution in [3.63, 3.8) is 0 Å². The zero-order valence-electron chi connectivity index (χ0n) is 14.1. The van der Waals surface area contributed by atoms with E-state index in [4.69, 9.17) is 0 Å². The molecule has 0 fully saturated rings. The van der Waals surface area contributed by atoms with Crippen LogP contribution in [0.3, 0.4) is 0 Å². The quantitative estimate of drug-likeness (QED) is 0.762. The molecule has 1 N–H and O–H groups in total. The van der Waals surface area contributed by atoms with E-state index in [1.165, 1.54) is 29.8 Å². The third-order valence-corrected chi connectivity index (χ3v) is 4.07. The van der Waals surface area contributed by atoms with E-state index in [0.717, 1.165) is 12.1 Å². The summed E-state index contributed by atoms with van der Waals surface area (Å²) >= 11 is 0. The Morgan fingerprint density at radius 3 is 2.37 bits per heavy atom. The first-order valence-corrected chi connectivity index (χ1v) is 7.85. The third-order valence-electron chi connectivity index (χ3n) is 4.07. The lowest BCUT2D eigenvalue weighted by atomic mass is 10.1. The summed E-state index contributed by atoms with van der Waals surface area (Å²) in [6.45, 7) is -0.706. The van der Waals surface area contributed by atoms with Crippen LogP contribution in [0.15, 0.2) is 58.1 Å². The second-order valence-corrected chi connectivity index (χ2v) is 5.84. The van der Waals surface area contributed by atoms with Crippen LogP contribution in [0.1, 0.15) is 5.56 Å². The van der Waals surface area contributed by atoms with Gasteiger partial charge < -0.3 is 5.32 Å². The van der Waals surface area contributed by atoms with E-state index in [1.54, 1.807) is 18.2 Å². The minimum atomic E-state index is -4.65. The number of amides is 1. The number of hydrogen-bond acceptors (Lipinski definition) is 3. The number of fused-ring (bicyclic) bond motifs is 1. The number of anilines is 1. The monoisotopic (exact) mass is 377 g/mol. The molecule has 0 radical (unpaired) electrons. The van der Waals surface area contributed by atoms with Crippen LogP contribution in [0, 0.1) is 0 Å². The fraction of sp³-hybridized carbons (Fsp3) is 0.167.